The first kappa shape index (κ1) is 11.7. The van der Waals surface area contributed by atoms with Crippen molar-refractivity contribution in [3.05, 3.63) is 6.20 Å². The molecule has 0 bridgehead atoms. The predicted octanol–water partition coefficient (Wildman–Crippen LogP) is 0.976. The average molecular weight is 202 g/mol. The molecule has 0 aliphatic heterocycles. The molecule has 0 fully saturated rings. The highest BCUT2D eigenvalue weighted by atomic mass is 35.5. The van der Waals surface area contributed by atoms with Crippen LogP contribution in [0, 0.1) is 11.3 Å². The third-order valence-electron chi connectivity index (χ3n) is 1.45. The summed E-state index contributed by atoms with van der Waals surface area (Å²) in [6.07, 6.45) is 3.92. The van der Waals surface area contributed by atoms with Crippen LogP contribution in [0.2, 0.25) is 0 Å². The molecular weight excluding hydrogens is 190 g/mol. The number of nitriles is 1. The van der Waals surface area contributed by atoms with Gasteiger partial charge < -0.3 is 5.73 Å². The molecule has 5 nitrogen and oxygen atoms in total. The van der Waals surface area contributed by atoms with E-state index in [1.807, 2.05) is 0 Å². The van der Waals surface area contributed by atoms with E-state index in [9.17, 15) is 0 Å². The highest BCUT2D eigenvalue weighted by molar-refractivity contribution is 5.85. The molecule has 0 atom stereocenters. The van der Waals surface area contributed by atoms with Crippen LogP contribution < -0.4 is 5.73 Å². The fraction of sp³-hybridized carbons (Fsp3) is 0.571. The van der Waals surface area contributed by atoms with Gasteiger partial charge in [-0.05, 0) is 12.8 Å². The van der Waals surface area contributed by atoms with Gasteiger partial charge in [0.2, 0.25) is 0 Å². The lowest BCUT2D eigenvalue weighted by molar-refractivity contribution is 0.503. The molecule has 0 radical (unpaired) electrons. The number of nitrogens with two attached hydrogens (primary N) is 1. The minimum absolute atomic E-state index is 0. The summed E-state index contributed by atoms with van der Waals surface area (Å²) in [6, 6.07) is 2.08. The topological polar surface area (TPSA) is 80.5 Å². The van der Waals surface area contributed by atoms with Gasteiger partial charge in [0.1, 0.15) is 0 Å². The molecule has 1 heterocycles. The van der Waals surface area contributed by atoms with Crippen LogP contribution in [0.1, 0.15) is 19.3 Å². The van der Waals surface area contributed by atoms with Gasteiger partial charge in [0, 0.05) is 6.42 Å². The molecule has 0 unspecified atom stereocenters. The molecule has 0 saturated heterocycles. The van der Waals surface area contributed by atoms with E-state index in [2.05, 4.69) is 16.3 Å². The minimum Gasteiger partial charge on any atom is -0.381 e. The summed E-state index contributed by atoms with van der Waals surface area (Å²) >= 11 is 0. The Balaban J connectivity index is 0.00000144. The van der Waals surface area contributed by atoms with Gasteiger partial charge in [-0.1, -0.05) is 0 Å². The normalized spacial score (nSPS) is 8.85. The Morgan fingerprint density at radius 3 is 2.85 bits per heavy atom. The Morgan fingerprint density at radius 1 is 1.54 bits per heavy atom. The van der Waals surface area contributed by atoms with E-state index in [4.69, 9.17) is 11.0 Å². The average Bonchev–Trinajstić information content (AvgIpc) is 2.45. The van der Waals surface area contributed by atoms with E-state index in [0.717, 1.165) is 19.4 Å². The number of nitrogens with zero attached hydrogens (tertiary/aromatic N) is 4. The van der Waals surface area contributed by atoms with Gasteiger partial charge in [0.25, 0.3) is 0 Å². The first-order chi connectivity index (χ1) is 5.83. The molecule has 1 aromatic heterocycles. The second-order valence-corrected chi connectivity index (χ2v) is 2.48. The van der Waals surface area contributed by atoms with Gasteiger partial charge in [-0.15, -0.1) is 17.5 Å². The van der Waals surface area contributed by atoms with Gasteiger partial charge in [-0.25, -0.2) is 0 Å². The minimum atomic E-state index is 0. The summed E-state index contributed by atoms with van der Waals surface area (Å²) in [6.45, 7) is 0.735. The van der Waals surface area contributed by atoms with Crippen molar-refractivity contribution in [1.82, 2.24) is 15.0 Å². The Bertz CT molecular complexity index is 277. The van der Waals surface area contributed by atoms with Crippen molar-refractivity contribution in [2.45, 2.75) is 25.8 Å². The molecule has 13 heavy (non-hydrogen) atoms. The summed E-state index contributed by atoms with van der Waals surface area (Å²) in [5.74, 6) is 0.440. The van der Waals surface area contributed by atoms with Crippen LogP contribution in [0.25, 0.3) is 0 Å². The summed E-state index contributed by atoms with van der Waals surface area (Å²) in [5, 5.41) is 16.1. The highest BCUT2D eigenvalue weighted by Gasteiger charge is 1.94. The molecule has 0 aliphatic carbocycles. The number of halogens is 1. The first-order valence-corrected chi connectivity index (χ1v) is 3.85. The van der Waals surface area contributed by atoms with Crippen LogP contribution in [-0.4, -0.2) is 15.0 Å². The van der Waals surface area contributed by atoms with Crippen molar-refractivity contribution in [3.63, 3.8) is 0 Å². The molecule has 72 valence electrons. The maximum atomic E-state index is 8.26. The van der Waals surface area contributed by atoms with E-state index < -0.39 is 0 Å². The summed E-state index contributed by atoms with van der Waals surface area (Å²) < 4.78 is 0. The quantitative estimate of drug-likeness (QED) is 0.737. The molecule has 0 amide bonds. The van der Waals surface area contributed by atoms with E-state index in [0.29, 0.717) is 12.2 Å². The van der Waals surface area contributed by atoms with E-state index in [1.54, 1.807) is 4.80 Å². The van der Waals surface area contributed by atoms with Gasteiger partial charge in [0.15, 0.2) is 5.82 Å². The Labute approximate surface area is 82.9 Å². The third-order valence-corrected chi connectivity index (χ3v) is 1.45. The lowest BCUT2D eigenvalue weighted by atomic mass is 10.2. The van der Waals surface area contributed by atoms with Crippen molar-refractivity contribution < 1.29 is 0 Å². The second kappa shape index (κ2) is 6.26. The van der Waals surface area contributed by atoms with E-state index in [1.165, 1.54) is 6.20 Å². The van der Waals surface area contributed by atoms with Crippen molar-refractivity contribution in [2.75, 3.05) is 5.73 Å². The van der Waals surface area contributed by atoms with Crippen LogP contribution in [-0.2, 0) is 6.54 Å². The molecule has 0 aliphatic rings. The largest absolute Gasteiger partial charge is 0.381 e. The predicted molar refractivity (Wildman–Crippen MR) is 51.1 cm³/mol. The molecule has 2 N–H and O–H groups in total. The van der Waals surface area contributed by atoms with E-state index >= 15 is 0 Å². The zero-order valence-electron chi connectivity index (χ0n) is 7.18. The molecule has 0 aromatic carbocycles. The third kappa shape index (κ3) is 4.33. The summed E-state index contributed by atoms with van der Waals surface area (Å²) in [7, 11) is 0. The molecular formula is C7H12ClN5. The van der Waals surface area contributed by atoms with E-state index in [-0.39, 0.29) is 12.4 Å². The van der Waals surface area contributed by atoms with Gasteiger partial charge >= 0.3 is 0 Å². The van der Waals surface area contributed by atoms with Crippen molar-refractivity contribution >= 4 is 18.2 Å². The lowest BCUT2D eigenvalue weighted by Crippen LogP contribution is -2.02. The maximum Gasteiger partial charge on any atom is 0.165 e. The Morgan fingerprint density at radius 2 is 2.31 bits per heavy atom. The van der Waals surface area contributed by atoms with Crippen molar-refractivity contribution in [3.8, 4) is 6.07 Å². The van der Waals surface area contributed by atoms with Crippen LogP contribution in [0.15, 0.2) is 6.20 Å². The summed E-state index contributed by atoms with van der Waals surface area (Å²) in [5.41, 5.74) is 5.36. The number of aryl methyl sites for hydroxylation is 1. The fourth-order valence-corrected chi connectivity index (χ4v) is 0.876. The molecule has 0 saturated carbocycles. The zero-order chi connectivity index (χ0) is 8.81. The Kier molecular flexibility index (Phi) is 5.64. The number of anilines is 1. The number of unbranched alkanes of at least 4 members (excludes halogenated alkanes) is 2. The number of aromatic nitrogens is 3. The monoisotopic (exact) mass is 201 g/mol. The molecule has 1 rings (SSSR count). The number of hydrogen-bond acceptors (Lipinski definition) is 4. The number of nitrogen functional groups attached to an aromatic ring is 1. The van der Waals surface area contributed by atoms with Gasteiger partial charge in [-0.2, -0.15) is 15.2 Å². The van der Waals surface area contributed by atoms with Crippen LogP contribution >= 0.6 is 12.4 Å². The SMILES string of the molecule is Cl.N#CCCCCn1ncc(N)n1. The molecule has 6 heteroatoms. The van der Waals surface area contributed by atoms with Crippen molar-refractivity contribution in [2.24, 2.45) is 0 Å². The zero-order valence-corrected chi connectivity index (χ0v) is 8.00. The standard InChI is InChI=1S/C7H11N5.ClH/c8-4-2-1-3-5-12-10-6-7(9)11-12;/h6H,1-3,5H2,(H2,9,11);1H. The lowest BCUT2D eigenvalue weighted by Gasteiger charge is -1.95. The Hall–Kier alpha value is -1.28. The maximum absolute atomic E-state index is 8.26. The van der Waals surface area contributed by atoms with Crippen LogP contribution in [0.5, 0.6) is 0 Å². The highest BCUT2D eigenvalue weighted by Crippen LogP contribution is 1.97. The van der Waals surface area contributed by atoms with Gasteiger partial charge in [0.05, 0.1) is 18.8 Å². The second-order valence-electron chi connectivity index (χ2n) is 2.48. The van der Waals surface area contributed by atoms with Gasteiger partial charge in [-0.3, -0.25) is 0 Å². The first-order valence-electron chi connectivity index (χ1n) is 3.85. The van der Waals surface area contributed by atoms with Crippen LogP contribution in [0.4, 0.5) is 5.82 Å². The molecule has 1 aromatic rings. The fourth-order valence-electron chi connectivity index (χ4n) is 0.876. The summed E-state index contributed by atoms with van der Waals surface area (Å²) in [4.78, 5) is 1.55. The number of hydrogen-bond donors (Lipinski definition) is 1. The smallest absolute Gasteiger partial charge is 0.165 e. The van der Waals surface area contributed by atoms with Crippen molar-refractivity contribution in [1.29, 1.82) is 5.26 Å². The van der Waals surface area contributed by atoms with Crippen LogP contribution in [0.3, 0.4) is 0 Å². The number of rotatable bonds is 4. The molecule has 0 spiro atoms.